The fourth-order valence-corrected chi connectivity index (χ4v) is 1.37. The molecule has 0 unspecified atom stereocenters. The van der Waals surface area contributed by atoms with E-state index < -0.39 is 11.9 Å². The first-order valence-corrected chi connectivity index (χ1v) is 7.18. The second kappa shape index (κ2) is 11.9. The van der Waals surface area contributed by atoms with Crippen LogP contribution in [-0.2, 0) is 0 Å². The van der Waals surface area contributed by atoms with Crippen molar-refractivity contribution in [3.63, 3.8) is 0 Å². The van der Waals surface area contributed by atoms with Gasteiger partial charge in [0.25, 0.3) is 0 Å². The molecule has 0 saturated carbocycles. The SMILES string of the molecule is C#CCS.Cc1ccc(C(=O)O)cc1C(=O)O.c1ccccc1. The van der Waals surface area contributed by atoms with Gasteiger partial charge < -0.3 is 10.2 Å². The first-order chi connectivity index (χ1) is 10.9. The smallest absolute Gasteiger partial charge is 0.335 e. The Morgan fingerprint density at radius 1 is 1.04 bits per heavy atom. The van der Waals surface area contributed by atoms with Crippen molar-refractivity contribution in [1.82, 2.24) is 0 Å². The van der Waals surface area contributed by atoms with E-state index in [1.54, 1.807) is 6.92 Å². The number of carboxylic acid groups (broad SMARTS) is 2. The number of aryl methyl sites for hydroxylation is 1. The first kappa shape index (κ1) is 20.3. The highest BCUT2D eigenvalue weighted by Gasteiger charge is 2.10. The number of carbonyl (C=O) groups is 2. The zero-order valence-electron chi connectivity index (χ0n) is 12.6. The van der Waals surface area contributed by atoms with E-state index in [4.69, 9.17) is 16.6 Å². The number of terminal acetylenes is 1. The Morgan fingerprint density at radius 2 is 1.48 bits per heavy atom. The lowest BCUT2D eigenvalue weighted by atomic mass is 10.1. The number of hydrogen-bond acceptors (Lipinski definition) is 3. The summed E-state index contributed by atoms with van der Waals surface area (Å²) in [4.78, 5) is 21.1. The molecule has 0 aromatic heterocycles. The minimum atomic E-state index is -1.12. The van der Waals surface area contributed by atoms with Gasteiger partial charge in [-0.15, -0.1) is 6.42 Å². The quantitative estimate of drug-likeness (QED) is 0.581. The van der Waals surface area contributed by atoms with Crippen molar-refractivity contribution >= 4 is 24.6 Å². The van der Waals surface area contributed by atoms with E-state index in [9.17, 15) is 9.59 Å². The van der Waals surface area contributed by atoms with Crippen molar-refractivity contribution in [2.24, 2.45) is 0 Å². The number of aromatic carboxylic acids is 2. The predicted molar refractivity (Wildman–Crippen MR) is 94.2 cm³/mol. The lowest BCUT2D eigenvalue weighted by Crippen LogP contribution is -2.03. The molecular weight excluding hydrogens is 312 g/mol. The third-order valence-electron chi connectivity index (χ3n) is 2.47. The summed E-state index contributed by atoms with van der Waals surface area (Å²) >= 11 is 3.68. The maximum atomic E-state index is 10.6. The van der Waals surface area contributed by atoms with E-state index in [1.165, 1.54) is 12.1 Å². The summed E-state index contributed by atoms with van der Waals surface area (Å²) in [6.45, 7) is 1.62. The third-order valence-corrected chi connectivity index (χ3v) is 2.66. The summed E-state index contributed by atoms with van der Waals surface area (Å²) in [6, 6.07) is 16.0. The molecule has 4 nitrogen and oxygen atoms in total. The second-order valence-electron chi connectivity index (χ2n) is 4.16. The van der Waals surface area contributed by atoms with Crippen LogP contribution in [-0.4, -0.2) is 27.9 Å². The molecule has 2 N–H and O–H groups in total. The molecule has 0 saturated heterocycles. The van der Waals surface area contributed by atoms with E-state index in [-0.39, 0.29) is 11.1 Å². The van der Waals surface area contributed by atoms with Crippen LogP contribution in [0.3, 0.4) is 0 Å². The standard InChI is InChI=1S/C9H8O4.C6H6.C3H4S/c1-5-2-3-6(8(10)11)4-7(5)9(12)13;1-2-4-6-5-3-1;1-2-3-4/h2-4H,1H3,(H,10,11)(H,12,13);1-6H;1,4H,3H2. The van der Waals surface area contributed by atoms with Gasteiger partial charge >= 0.3 is 11.9 Å². The topological polar surface area (TPSA) is 74.6 Å². The summed E-state index contributed by atoms with van der Waals surface area (Å²) in [5.41, 5.74) is 0.570. The van der Waals surface area contributed by atoms with Gasteiger partial charge in [-0.3, -0.25) is 0 Å². The molecule has 0 atom stereocenters. The van der Waals surface area contributed by atoms with Crippen molar-refractivity contribution < 1.29 is 19.8 Å². The van der Waals surface area contributed by atoms with Gasteiger partial charge in [-0.2, -0.15) is 12.6 Å². The van der Waals surface area contributed by atoms with Crippen LogP contribution < -0.4 is 0 Å². The number of benzene rings is 2. The van der Waals surface area contributed by atoms with E-state index in [0.717, 1.165) is 6.07 Å². The van der Waals surface area contributed by atoms with Crippen LogP contribution in [0.4, 0.5) is 0 Å². The van der Waals surface area contributed by atoms with Crippen LogP contribution in [0.15, 0.2) is 54.6 Å². The molecule has 0 aliphatic heterocycles. The molecule has 120 valence electrons. The molecule has 0 bridgehead atoms. The maximum absolute atomic E-state index is 10.6. The molecule has 0 radical (unpaired) electrons. The summed E-state index contributed by atoms with van der Waals surface area (Å²) in [7, 11) is 0. The number of thiol groups is 1. The van der Waals surface area contributed by atoms with Gasteiger partial charge in [-0.1, -0.05) is 48.4 Å². The van der Waals surface area contributed by atoms with Crippen LogP contribution in [0.1, 0.15) is 26.3 Å². The van der Waals surface area contributed by atoms with Crippen molar-refractivity contribution in [1.29, 1.82) is 0 Å². The Morgan fingerprint density at radius 3 is 1.78 bits per heavy atom. The van der Waals surface area contributed by atoms with Crippen molar-refractivity contribution in [3.8, 4) is 12.3 Å². The summed E-state index contributed by atoms with van der Waals surface area (Å²) in [6.07, 6.45) is 4.70. The molecular formula is C18H18O4S. The van der Waals surface area contributed by atoms with Gasteiger partial charge in [0.05, 0.1) is 16.9 Å². The van der Waals surface area contributed by atoms with E-state index in [1.807, 2.05) is 36.4 Å². The minimum Gasteiger partial charge on any atom is -0.478 e. The average Bonchev–Trinajstić information content (AvgIpc) is 2.57. The van der Waals surface area contributed by atoms with Gasteiger partial charge in [0.1, 0.15) is 0 Å². The second-order valence-corrected chi connectivity index (χ2v) is 4.47. The monoisotopic (exact) mass is 330 g/mol. The fourth-order valence-electron chi connectivity index (χ4n) is 1.37. The van der Waals surface area contributed by atoms with Crippen LogP contribution >= 0.6 is 12.6 Å². The van der Waals surface area contributed by atoms with Crippen molar-refractivity contribution in [2.45, 2.75) is 6.92 Å². The van der Waals surface area contributed by atoms with Gasteiger partial charge in [-0.25, -0.2) is 9.59 Å². The molecule has 0 aliphatic rings. The summed E-state index contributed by atoms with van der Waals surface area (Å²) in [5, 5.41) is 17.3. The minimum absolute atomic E-state index is 0.0111. The Balaban J connectivity index is 0.000000398. The molecule has 0 spiro atoms. The molecule has 0 aliphatic carbocycles. The Labute approximate surface area is 141 Å². The Bertz CT molecular complexity index is 634. The molecule has 2 aromatic rings. The zero-order valence-corrected chi connectivity index (χ0v) is 13.5. The zero-order chi connectivity index (χ0) is 17.7. The van der Waals surface area contributed by atoms with Gasteiger partial charge in [-0.05, 0) is 24.6 Å². The van der Waals surface area contributed by atoms with Crippen LogP contribution in [0, 0.1) is 19.3 Å². The molecule has 2 rings (SSSR count). The van der Waals surface area contributed by atoms with Gasteiger partial charge in [0.15, 0.2) is 0 Å². The molecule has 0 fully saturated rings. The van der Waals surface area contributed by atoms with Gasteiger partial charge in [0, 0.05) is 0 Å². The normalized spacial score (nSPS) is 8.39. The van der Waals surface area contributed by atoms with E-state index in [0.29, 0.717) is 11.3 Å². The maximum Gasteiger partial charge on any atom is 0.335 e. The fraction of sp³-hybridized carbons (Fsp3) is 0.111. The lowest BCUT2D eigenvalue weighted by molar-refractivity contribution is 0.0695. The molecule has 2 aromatic carbocycles. The Kier molecular flexibility index (Phi) is 10.5. The number of rotatable bonds is 2. The number of hydrogen-bond donors (Lipinski definition) is 3. The first-order valence-electron chi connectivity index (χ1n) is 6.55. The van der Waals surface area contributed by atoms with E-state index in [2.05, 4.69) is 18.5 Å². The molecule has 5 heteroatoms. The highest BCUT2D eigenvalue weighted by Crippen LogP contribution is 2.11. The third kappa shape index (κ3) is 9.02. The largest absolute Gasteiger partial charge is 0.478 e. The predicted octanol–water partition coefficient (Wildman–Crippen LogP) is 3.63. The highest BCUT2D eigenvalue weighted by atomic mass is 32.1. The number of carboxylic acids is 2. The van der Waals surface area contributed by atoms with Gasteiger partial charge in [0.2, 0.25) is 0 Å². The summed E-state index contributed by atoms with van der Waals surface area (Å²) < 4.78 is 0. The van der Waals surface area contributed by atoms with Crippen LogP contribution in [0.5, 0.6) is 0 Å². The highest BCUT2D eigenvalue weighted by molar-refractivity contribution is 7.80. The molecule has 0 amide bonds. The molecule has 0 heterocycles. The van der Waals surface area contributed by atoms with Crippen molar-refractivity contribution in [2.75, 3.05) is 5.75 Å². The van der Waals surface area contributed by atoms with E-state index >= 15 is 0 Å². The van der Waals surface area contributed by atoms with Crippen molar-refractivity contribution in [3.05, 3.63) is 71.3 Å². The van der Waals surface area contributed by atoms with Crippen LogP contribution in [0.25, 0.3) is 0 Å². The summed E-state index contributed by atoms with van der Waals surface area (Å²) in [5.74, 6) is 0.603. The molecule has 23 heavy (non-hydrogen) atoms. The van der Waals surface area contributed by atoms with Crippen LogP contribution in [0.2, 0.25) is 0 Å². The lowest BCUT2D eigenvalue weighted by Gasteiger charge is -2.01. The average molecular weight is 330 g/mol. The Hall–Kier alpha value is -2.71.